The zero-order chi connectivity index (χ0) is 7.61. The van der Waals surface area contributed by atoms with E-state index in [9.17, 15) is 4.39 Å². The molecule has 2 nitrogen and oxygen atoms in total. The number of hydrogen-bond donors (Lipinski definition) is 1. The summed E-state index contributed by atoms with van der Waals surface area (Å²) < 4.78 is 17.3. The van der Waals surface area contributed by atoms with Crippen LogP contribution in [0.3, 0.4) is 0 Å². The average molecular weight is 147 g/mol. The molecule has 0 amide bonds. The lowest BCUT2D eigenvalue weighted by atomic mass is 9.76. The van der Waals surface area contributed by atoms with Gasteiger partial charge in [-0.1, -0.05) is 0 Å². The fourth-order valence-electron chi connectivity index (χ4n) is 1.37. The zero-order valence-electron chi connectivity index (χ0n) is 6.48. The molecule has 1 N–H and O–H groups in total. The van der Waals surface area contributed by atoms with Crippen LogP contribution in [0.4, 0.5) is 4.39 Å². The van der Waals surface area contributed by atoms with Crippen molar-refractivity contribution in [1.29, 1.82) is 0 Å². The Bertz CT molecular complexity index is 106. The fraction of sp³-hybridized carbons (Fsp3) is 1.00. The third-order valence-corrected chi connectivity index (χ3v) is 2.32. The molecule has 1 rings (SSSR count). The molecule has 0 heterocycles. The van der Waals surface area contributed by atoms with Crippen LogP contribution in [0.25, 0.3) is 0 Å². The van der Waals surface area contributed by atoms with Crippen LogP contribution < -0.4 is 5.32 Å². The second-order valence-corrected chi connectivity index (χ2v) is 2.91. The third-order valence-electron chi connectivity index (χ3n) is 2.32. The number of alkyl halides is 1. The molecule has 0 saturated heterocycles. The summed E-state index contributed by atoms with van der Waals surface area (Å²) >= 11 is 0. The van der Waals surface area contributed by atoms with E-state index in [0.29, 0.717) is 6.04 Å². The van der Waals surface area contributed by atoms with E-state index in [1.165, 1.54) is 0 Å². The minimum absolute atomic E-state index is 0.359. The Labute approximate surface area is 60.8 Å². The maximum Gasteiger partial charge on any atom is 0.118 e. The number of methoxy groups -OCH3 is 1. The van der Waals surface area contributed by atoms with Gasteiger partial charge in [-0.25, -0.2) is 4.39 Å². The highest BCUT2D eigenvalue weighted by Crippen LogP contribution is 2.35. The van der Waals surface area contributed by atoms with Crippen LogP contribution >= 0.6 is 0 Å². The minimum atomic E-state index is -0.451. The highest BCUT2D eigenvalue weighted by Gasteiger charge is 2.43. The number of halogens is 1. The third kappa shape index (κ3) is 1.16. The van der Waals surface area contributed by atoms with Crippen LogP contribution in [0, 0.1) is 0 Å². The summed E-state index contributed by atoms with van der Waals surface area (Å²) in [5.74, 6) is 0. The van der Waals surface area contributed by atoms with Gasteiger partial charge in [0.15, 0.2) is 0 Å². The van der Waals surface area contributed by atoms with Crippen LogP contribution in [-0.4, -0.2) is 32.5 Å². The predicted molar refractivity (Wildman–Crippen MR) is 37.8 cm³/mol. The maximum absolute atomic E-state index is 12.3. The molecule has 1 aliphatic rings. The second-order valence-electron chi connectivity index (χ2n) is 2.91. The molecule has 0 aromatic rings. The van der Waals surface area contributed by atoms with Crippen LogP contribution in [0.15, 0.2) is 0 Å². The molecule has 1 aliphatic carbocycles. The van der Waals surface area contributed by atoms with Crippen LogP contribution in [-0.2, 0) is 4.74 Å². The van der Waals surface area contributed by atoms with Gasteiger partial charge in [-0.3, -0.25) is 0 Å². The van der Waals surface area contributed by atoms with Gasteiger partial charge in [0.2, 0.25) is 0 Å². The standard InChI is InChI=1S/C7H14FNO/c1-9-6-3-7(4-6,5-8)10-2/h6,9H,3-5H2,1-2H3. The van der Waals surface area contributed by atoms with Crippen LogP contribution in [0.5, 0.6) is 0 Å². The Balaban J connectivity index is 2.31. The topological polar surface area (TPSA) is 21.3 Å². The van der Waals surface area contributed by atoms with Crippen molar-refractivity contribution in [3.8, 4) is 0 Å². The van der Waals surface area contributed by atoms with Gasteiger partial charge < -0.3 is 10.1 Å². The summed E-state index contributed by atoms with van der Waals surface area (Å²) in [4.78, 5) is 0. The summed E-state index contributed by atoms with van der Waals surface area (Å²) in [5, 5.41) is 3.08. The molecule has 0 radical (unpaired) electrons. The fourth-order valence-corrected chi connectivity index (χ4v) is 1.37. The van der Waals surface area contributed by atoms with Gasteiger partial charge in [0.05, 0.1) is 5.60 Å². The highest BCUT2D eigenvalue weighted by atomic mass is 19.1. The molecule has 0 aromatic carbocycles. The van der Waals surface area contributed by atoms with Crippen molar-refractivity contribution >= 4 is 0 Å². The summed E-state index contributed by atoms with van der Waals surface area (Å²) in [5.41, 5.74) is -0.451. The first kappa shape index (κ1) is 7.95. The largest absolute Gasteiger partial charge is 0.375 e. The molecule has 0 spiro atoms. The van der Waals surface area contributed by atoms with Crippen molar-refractivity contribution in [3.63, 3.8) is 0 Å². The Kier molecular flexibility index (Phi) is 2.26. The van der Waals surface area contributed by atoms with Crippen LogP contribution in [0.2, 0.25) is 0 Å². The van der Waals surface area contributed by atoms with Gasteiger partial charge in [-0.05, 0) is 19.9 Å². The molecule has 0 aromatic heterocycles. The smallest absolute Gasteiger partial charge is 0.118 e. The van der Waals surface area contributed by atoms with Crippen molar-refractivity contribution in [2.75, 3.05) is 20.8 Å². The number of hydrogen-bond acceptors (Lipinski definition) is 2. The average Bonchev–Trinajstić information content (AvgIpc) is 1.89. The molecule has 0 aliphatic heterocycles. The van der Waals surface area contributed by atoms with E-state index >= 15 is 0 Å². The molecule has 60 valence electrons. The van der Waals surface area contributed by atoms with E-state index in [1.807, 2.05) is 7.05 Å². The zero-order valence-corrected chi connectivity index (χ0v) is 6.48. The van der Waals surface area contributed by atoms with E-state index in [-0.39, 0.29) is 6.67 Å². The Morgan fingerprint density at radius 1 is 1.70 bits per heavy atom. The molecule has 3 heteroatoms. The van der Waals surface area contributed by atoms with Gasteiger partial charge in [0.25, 0.3) is 0 Å². The molecule has 0 atom stereocenters. The molecular formula is C7H14FNO. The lowest BCUT2D eigenvalue weighted by Gasteiger charge is -2.44. The Morgan fingerprint density at radius 3 is 2.60 bits per heavy atom. The summed E-state index contributed by atoms with van der Waals surface area (Å²) in [6, 6.07) is 0.454. The van der Waals surface area contributed by atoms with Crippen molar-refractivity contribution in [1.82, 2.24) is 5.32 Å². The maximum atomic E-state index is 12.3. The highest BCUT2D eigenvalue weighted by molar-refractivity contribution is 4.98. The first-order valence-electron chi connectivity index (χ1n) is 3.55. The van der Waals surface area contributed by atoms with Crippen molar-refractivity contribution in [2.45, 2.75) is 24.5 Å². The van der Waals surface area contributed by atoms with Crippen molar-refractivity contribution in [3.05, 3.63) is 0 Å². The lowest BCUT2D eigenvalue weighted by molar-refractivity contribution is -0.102. The monoisotopic (exact) mass is 147 g/mol. The van der Waals surface area contributed by atoms with E-state index in [2.05, 4.69) is 5.32 Å². The van der Waals surface area contributed by atoms with Gasteiger partial charge in [-0.15, -0.1) is 0 Å². The molecule has 0 bridgehead atoms. The first-order valence-corrected chi connectivity index (χ1v) is 3.55. The number of rotatable bonds is 3. The number of nitrogens with one attached hydrogen (secondary N) is 1. The quantitative estimate of drug-likeness (QED) is 0.635. The summed E-state index contributed by atoms with van der Waals surface area (Å²) in [7, 11) is 3.47. The molecular weight excluding hydrogens is 133 g/mol. The molecule has 1 fully saturated rings. The minimum Gasteiger partial charge on any atom is -0.375 e. The predicted octanol–water partition coefficient (Wildman–Crippen LogP) is 0.723. The van der Waals surface area contributed by atoms with E-state index in [0.717, 1.165) is 12.8 Å². The molecule has 10 heavy (non-hydrogen) atoms. The van der Waals surface area contributed by atoms with Gasteiger partial charge >= 0.3 is 0 Å². The van der Waals surface area contributed by atoms with Gasteiger partial charge in [0, 0.05) is 13.2 Å². The summed E-state index contributed by atoms with van der Waals surface area (Å²) in [6.45, 7) is -0.359. The van der Waals surface area contributed by atoms with E-state index in [1.54, 1.807) is 7.11 Å². The second kappa shape index (κ2) is 2.84. The van der Waals surface area contributed by atoms with Gasteiger partial charge in [-0.2, -0.15) is 0 Å². The van der Waals surface area contributed by atoms with Crippen molar-refractivity contribution < 1.29 is 9.13 Å². The van der Waals surface area contributed by atoms with Gasteiger partial charge in [0.1, 0.15) is 6.67 Å². The first-order chi connectivity index (χ1) is 4.76. The summed E-state index contributed by atoms with van der Waals surface area (Å²) in [6.07, 6.45) is 1.60. The van der Waals surface area contributed by atoms with E-state index in [4.69, 9.17) is 4.74 Å². The van der Waals surface area contributed by atoms with Crippen molar-refractivity contribution in [2.24, 2.45) is 0 Å². The van der Waals surface area contributed by atoms with E-state index < -0.39 is 5.60 Å². The normalized spacial score (nSPS) is 39.3. The lowest BCUT2D eigenvalue weighted by Crippen LogP contribution is -2.55. The molecule has 1 saturated carbocycles. The Hall–Kier alpha value is -0.150. The number of ether oxygens (including phenoxy) is 1. The molecule has 0 unspecified atom stereocenters. The SMILES string of the molecule is CNC1CC(CF)(OC)C1. The van der Waals surface area contributed by atoms with Crippen LogP contribution in [0.1, 0.15) is 12.8 Å². The Morgan fingerprint density at radius 2 is 2.30 bits per heavy atom.